The van der Waals surface area contributed by atoms with E-state index in [1.807, 2.05) is 0 Å². The van der Waals surface area contributed by atoms with E-state index in [-0.39, 0.29) is 23.5 Å². The monoisotopic (exact) mass is 182 g/mol. The molecule has 0 radical (unpaired) electrons. The number of nitrogens with one attached hydrogen (secondary N) is 1. The third kappa shape index (κ3) is 1.73. The molecule has 0 bridgehead atoms. The lowest BCUT2D eigenvalue weighted by Gasteiger charge is -2.02. The second-order valence-corrected chi connectivity index (χ2v) is 2.19. The van der Waals surface area contributed by atoms with E-state index in [1.165, 1.54) is 18.2 Å². The van der Waals surface area contributed by atoms with E-state index in [0.717, 1.165) is 0 Å². The van der Waals surface area contributed by atoms with Crippen molar-refractivity contribution < 1.29 is 14.8 Å². The lowest BCUT2D eigenvalue weighted by atomic mass is 10.2. The number of hydrogen-bond acceptors (Lipinski definition) is 4. The molecule has 0 aliphatic carbocycles. The SMILES string of the molecule is O=CNc1c(O)cccc1[N+](=O)[O-]. The molecule has 13 heavy (non-hydrogen) atoms. The summed E-state index contributed by atoms with van der Waals surface area (Å²) in [6.45, 7) is 0. The third-order valence-electron chi connectivity index (χ3n) is 1.42. The van der Waals surface area contributed by atoms with Crippen LogP contribution in [0.3, 0.4) is 0 Å². The van der Waals surface area contributed by atoms with Gasteiger partial charge in [-0.3, -0.25) is 14.9 Å². The molecule has 2 N–H and O–H groups in total. The van der Waals surface area contributed by atoms with Crippen LogP contribution in [0.5, 0.6) is 5.75 Å². The molecule has 0 fully saturated rings. The molecular weight excluding hydrogens is 176 g/mol. The minimum Gasteiger partial charge on any atom is -0.505 e. The first-order valence-corrected chi connectivity index (χ1v) is 3.33. The van der Waals surface area contributed by atoms with Gasteiger partial charge in [0.1, 0.15) is 5.75 Å². The van der Waals surface area contributed by atoms with Crippen molar-refractivity contribution in [2.24, 2.45) is 0 Å². The Hall–Kier alpha value is -2.11. The fraction of sp³-hybridized carbons (Fsp3) is 0. The number of benzene rings is 1. The first kappa shape index (κ1) is 8.98. The Morgan fingerprint density at radius 3 is 2.77 bits per heavy atom. The molecule has 0 saturated carbocycles. The summed E-state index contributed by atoms with van der Waals surface area (Å²) >= 11 is 0. The molecule has 0 aliphatic heterocycles. The summed E-state index contributed by atoms with van der Waals surface area (Å²) in [5.41, 5.74) is -0.533. The van der Waals surface area contributed by atoms with Gasteiger partial charge in [0.25, 0.3) is 5.69 Å². The van der Waals surface area contributed by atoms with Crippen LogP contribution in [-0.2, 0) is 4.79 Å². The molecule has 68 valence electrons. The maximum absolute atomic E-state index is 10.4. The summed E-state index contributed by atoms with van der Waals surface area (Å²) in [5, 5.41) is 21.6. The average molecular weight is 182 g/mol. The molecule has 0 heterocycles. The Labute approximate surface area is 73.0 Å². The second kappa shape index (κ2) is 3.53. The number of amides is 1. The summed E-state index contributed by atoms with van der Waals surface area (Å²) < 4.78 is 0. The molecule has 0 aromatic heterocycles. The first-order valence-electron chi connectivity index (χ1n) is 3.33. The Morgan fingerprint density at radius 1 is 1.54 bits per heavy atom. The Bertz CT molecular complexity index is 350. The molecule has 6 heteroatoms. The van der Waals surface area contributed by atoms with E-state index in [2.05, 4.69) is 5.32 Å². The fourth-order valence-electron chi connectivity index (χ4n) is 0.887. The van der Waals surface area contributed by atoms with Crippen molar-refractivity contribution >= 4 is 17.8 Å². The highest BCUT2D eigenvalue weighted by atomic mass is 16.6. The highest BCUT2D eigenvalue weighted by Gasteiger charge is 2.15. The summed E-state index contributed by atoms with van der Waals surface area (Å²) in [7, 11) is 0. The van der Waals surface area contributed by atoms with E-state index in [1.54, 1.807) is 0 Å². The largest absolute Gasteiger partial charge is 0.505 e. The van der Waals surface area contributed by atoms with Gasteiger partial charge >= 0.3 is 0 Å². The Morgan fingerprint density at radius 2 is 2.23 bits per heavy atom. The Kier molecular flexibility index (Phi) is 2.44. The standard InChI is InChI=1S/C7H6N2O4/c10-4-8-7-5(9(12)13)2-1-3-6(7)11/h1-4,11H,(H,8,10). The zero-order valence-corrected chi connectivity index (χ0v) is 6.43. The number of nitro benzene ring substituents is 1. The van der Waals surface area contributed by atoms with Crippen LogP contribution in [0.25, 0.3) is 0 Å². The molecule has 0 spiro atoms. The molecule has 0 saturated heterocycles. The number of nitro groups is 1. The maximum atomic E-state index is 10.4. The van der Waals surface area contributed by atoms with E-state index in [9.17, 15) is 14.9 Å². The molecule has 1 aromatic carbocycles. The summed E-state index contributed by atoms with van der Waals surface area (Å²) in [6, 6.07) is 3.76. The van der Waals surface area contributed by atoms with Gasteiger partial charge < -0.3 is 10.4 Å². The second-order valence-electron chi connectivity index (χ2n) is 2.19. The number of phenolic OH excluding ortho intramolecular Hbond substituents is 1. The molecule has 1 aromatic rings. The number of aromatic hydroxyl groups is 1. The van der Waals surface area contributed by atoms with Crippen molar-refractivity contribution in [3.63, 3.8) is 0 Å². The lowest BCUT2D eigenvalue weighted by molar-refractivity contribution is -0.384. The predicted molar refractivity (Wildman–Crippen MR) is 44.4 cm³/mol. The van der Waals surface area contributed by atoms with Crippen molar-refractivity contribution in [1.82, 2.24) is 0 Å². The highest BCUT2D eigenvalue weighted by molar-refractivity contribution is 5.81. The average Bonchev–Trinajstić information content (AvgIpc) is 2.08. The van der Waals surface area contributed by atoms with Crippen molar-refractivity contribution in [2.75, 3.05) is 5.32 Å². The number of anilines is 1. The summed E-state index contributed by atoms with van der Waals surface area (Å²) in [4.78, 5) is 19.8. The van der Waals surface area contributed by atoms with Crippen LogP contribution in [0.4, 0.5) is 11.4 Å². The van der Waals surface area contributed by atoms with Crippen molar-refractivity contribution in [3.05, 3.63) is 28.3 Å². The van der Waals surface area contributed by atoms with Crippen LogP contribution in [0.15, 0.2) is 18.2 Å². The zero-order valence-electron chi connectivity index (χ0n) is 6.43. The van der Waals surface area contributed by atoms with E-state index in [0.29, 0.717) is 0 Å². The molecule has 1 amide bonds. The molecule has 0 aliphatic rings. The number of carbonyl (C=O) groups excluding carboxylic acids is 1. The predicted octanol–water partition coefficient (Wildman–Crippen LogP) is 0.869. The lowest BCUT2D eigenvalue weighted by Crippen LogP contribution is -1.99. The van der Waals surface area contributed by atoms with Gasteiger partial charge in [-0.25, -0.2) is 0 Å². The Balaban J connectivity index is 3.24. The normalized spacial score (nSPS) is 9.23. The van der Waals surface area contributed by atoms with Gasteiger partial charge in [0, 0.05) is 6.07 Å². The highest BCUT2D eigenvalue weighted by Crippen LogP contribution is 2.32. The van der Waals surface area contributed by atoms with Gasteiger partial charge in [0.15, 0.2) is 5.69 Å². The number of rotatable bonds is 3. The minimum atomic E-state index is -0.689. The quantitative estimate of drug-likeness (QED) is 0.314. The van der Waals surface area contributed by atoms with Crippen LogP contribution in [0, 0.1) is 10.1 Å². The molecule has 0 atom stereocenters. The number of nitrogens with zero attached hydrogens (tertiary/aromatic N) is 1. The molecule has 1 rings (SSSR count). The van der Waals surface area contributed by atoms with E-state index in [4.69, 9.17) is 5.11 Å². The smallest absolute Gasteiger partial charge is 0.296 e. The third-order valence-corrected chi connectivity index (χ3v) is 1.42. The molecule has 0 unspecified atom stereocenters. The van der Waals surface area contributed by atoms with E-state index < -0.39 is 4.92 Å². The van der Waals surface area contributed by atoms with Crippen LogP contribution >= 0.6 is 0 Å². The van der Waals surface area contributed by atoms with Crippen molar-refractivity contribution in [1.29, 1.82) is 0 Å². The van der Waals surface area contributed by atoms with Crippen molar-refractivity contribution in [2.45, 2.75) is 0 Å². The van der Waals surface area contributed by atoms with Crippen LogP contribution in [0.2, 0.25) is 0 Å². The van der Waals surface area contributed by atoms with Gasteiger partial charge in [-0.15, -0.1) is 0 Å². The van der Waals surface area contributed by atoms with Gasteiger partial charge in [0.05, 0.1) is 4.92 Å². The van der Waals surface area contributed by atoms with Gasteiger partial charge in [-0.2, -0.15) is 0 Å². The number of phenols is 1. The number of carbonyl (C=O) groups is 1. The van der Waals surface area contributed by atoms with E-state index >= 15 is 0 Å². The molecule has 6 nitrogen and oxygen atoms in total. The summed E-state index contributed by atoms with van der Waals surface area (Å²) in [5.74, 6) is -0.332. The maximum Gasteiger partial charge on any atom is 0.296 e. The van der Waals surface area contributed by atoms with Gasteiger partial charge in [-0.05, 0) is 6.07 Å². The molecular formula is C7H6N2O4. The fourth-order valence-corrected chi connectivity index (χ4v) is 0.887. The summed E-state index contributed by atoms with van der Waals surface area (Å²) in [6.07, 6.45) is 0.266. The zero-order chi connectivity index (χ0) is 9.84. The minimum absolute atomic E-state index is 0.192. The van der Waals surface area contributed by atoms with Crippen LogP contribution < -0.4 is 5.32 Å². The number of para-hydroxylation sites is 1. The van der Waals surface area contributed by atoms with Crippen molar-refractivity contribution in [3.8, 4) is 5.75 Å². The first-order chi connectivity index (χ1) is 6.16. The number of hydrogen-bond donors (Lipinski definition) is 2. The van der Waals surface area contributed by atoms with Gasteiger partial charge in [-0.1, -0.05) is 6.07 Å². The topological polar surface area (TPSA) is 92.5 Å². The van der Waals surface area contributed by atoms with Gasteiger partial charge in [0.2, 0.25) is 6.41 Å². The van der Waals surface area contributed by atoms with Crippen LogP contribution in [0.1, 0.15) is 0 Å². The van der Waals surface area contributed by atoms with Crippen LogP contribution in [-0.4, -0.2) is 16.4 Å².